The number of anilines is 5. The summed E-state index contributed by atoms with van der Waals surface area (Å²) in [6.07, 6.45) is 7.98. The molecule has 2 fully saturated rings. The monoisotopic (exact) mass is 602 g/mol. The van der Waals surface area contributed by atoms with Gasteiger partial charge in [-0.15, -0.1) is 0 Å². The van der Waals surface area contributed by atoms with Gasteiger partial charge in [0.15, 0.2) is 0 Å². The fraction of sp³-hybridized carbons (Fsp3) is 0.400. The van der Waals surface area contributed by atoms with Crippen molar-refractivity contribution in [2.75, 3.05) is 61.9 Å². The summed E-state index contributed by atoms with van der Waals surface area (Å²) < 4.78 is 7.57. The molecule has 1 atom stereocenters. The van der Waals surface area contributed by atoms with Crippen molar-refractivity contribution in [2.45, 2.75) is 32.7 Å². The van der Waals surface area contributed by atoms with Crippen LogP contribution in [0.25, 0.3) is 0 Å². The molecule has 4 N–H and O–H groups in total. The van der Waals surface area contributed by atoms with Crippen LogP contribution in [0.1, 0.15) is 41.7 Å². The lowest BCUT2D eigenvalue weighted by Crippen LogP contribution is -2.48. The van der Waals surface area contributed by atoms with E-state index in [0.717, 1.165) is 24.1 Å². The molecule has 5 rings (SSSR count). The molecule has 3 aromatic rings. The first-order chi connectivity index (χ1) is 21.2. The zero-order valence-corrected chi connectivity index (χ0v) is 25.2. The fourth-order valence-electron chi connectivity index (χ4n) is 5.59. The minimum Gasteiger partial charge on any atom is -0.494 e. The van der Waals surface area contributed by atoms with Crippen LogP contribution in [-0.2, 0) is 9.59 Å². The van der Waals surface area contributed by atoms with Crippen LogP contribution in [0.5, 0.6) is 5.75 Å². The first-order valence-corrected chi connectivity index (χ1v) is 14.5. The van der Waals surface area contributed by atoms with Gasteiger partial charge in [-0.25, -0.2) is 4.98 Å². The maximum absolute atomic E-state index is 12.3. The predicted molar refractivity (Wildman–Crippen MR) is 167 cm³/mol. The van der Waals surface area contributed by atoms with Gasteiger partial charge in [-0.1, -0.05) is 6.58 Å². The number of rotatable bonds is 9. The number of amides is 3. The molecule has 0 spiro atoms. The summed E-state index contributed by atoms with van der Waals surface area (Å²) in [5.74, 6) is 0.332. The highest BCUT2D eigenvalue weighted by Crippen LogP contribution is 2.36. The maximum Gasteiger partial charge on any atom is 0.254 e. The van der Waals surface area contributed by atoms with Gasteiger partial charge in [0.2, 0.25) is 17.8 Å². The molecule has 0 saturated carbocycles. The van der Waals surface area contributed by atoms with Crippen molar-refractivity contribution in [2.24, 2.45) is 5.73 Å². The van der Waals surface area contributed by atoms with Gasteiger partial charge in [0.25, 0.3) is 5.91 Å². The number of piperidine rings is 1. The Kier molecular flexibility index (Phi) is 8.97. The first kappa shape index (κ1) is 30.3. The minimum atomic E-state index is -0.681. The van der Waals surface area contributed by atoms with E-state index < -0.39 is 5.91 Å². The Bertz CT molecular complexity index is 1560. The van der Waals surface area contributed by atoms with E-state index >= 15 is 0 Å². The summed E-state index contributed by atoms with van der Waals surface area (Å²) in [7, 11) is 1.58. The molecular weight excluding hydrogens is 564 g/mol. The third kappa shape index (κ3) is 6.58. The second kappa shape index (κ2) is 13.0. The Morgan fingerprint density at radius 1 is 1.09 bits per heavy atom. The Hall–Kier alpha value is -5.14. The number of primary amides is 1. The average molecular weight is 603 g/mol. The molecule has 14 heteroatoms. The molecule has 0 unspecified atom stereocenters. The van der Waals surface area contributed by atoms with Crippen LogP contribution in [0.4, 0.5) is 28.8 Å². The summed E-state index contributed by atoms with van der Waals surface area (Å²) in [5.41, 5.74) is 8.91. The zero-order chi connectivity index (χ0) is 31.4. The normalized spacial score (nSPS) is 16.8. The van der Waals surface area contributed by atoms with Crippen molar-refractivity contribution in [3.05, 3.63) is 54.5 Å². The molecule has 2 aliphatic heterocycles. The van der Waals surface area contributed by atoms with E-state index in [2.05, 4.69) is 37.2 Å². The van der Waals surface area contributed by atoms with E-state index in [-0.39, 0.29) is 35.2 Å². The molecule has 0 bridgehead atoms. The van der Waals surface area contributed by atoms with E-state index in [1.165, 1.54) is 12.3 Å². The number of ether oxygens (including phenoxy) is 1. The Morgan fingerprint density at radius 3 is 2.55 bits per heavy atom. The van der Waals surface area contributed by atoms with Gasteiger partial charge in [0.05, 0.1) is 30.7 Å². The SMILES string of the molecule is C=CC(=O)N1CCC[C@@H](n2cc(Nc3ncc(C(N)=O)c(Nc4c(C)cc(N5CCN(C(C)=O)CC5)cc4OC)n3)cn2)C1. The minimum absolute atomic E-state index is 0.0370. The Labute approximate surface area is 255 Å². The average Bonchev–Trinajstić information content (AvgIpc) is 3.50. The van der Waals surface area contributed by atoms with Crippen LogP contribution in [0.2, 0.25) is 0 Å². The van der Waals surface area contributed by atoms with Crippen molar-refractivity contribution < 1.29 is 19.1 Å². The van der Waals surface area contributed by atoms with Crippen LogP contribution in [0.15, 0.2) is 43.4 Å². The lowest BCUT2D eigenvalue weighted by Gasteiger charge is -2.36. The van der Waals surface area contributed by atoms with Crippen molar-refractivity contribution in [1.82, 2.24) is 29.5 Å². The second-order valence-corrected chi connectivity index (χ2v) is 10.9. The second-order valence-electron chi connectivity index (χ2n) is 10.9. The number of hydrogen-bond acceptors (Lipinski definition) is 10. The summed E-state index contributed by atoms with van der Waals surface area (Å²) in [5, 5.41) is 10.9. The van der Waals surface area contributed by atoms with E-state index in [4.69, 9.17) is 10.5 Å². The van der Waals surface area contributed by atoms with Crippen LogP contribution >= 0.6 is 0 Å². The molecular formula is C30H38N10O4. The molecule has 2 saturated heterocycles. The van der Waals surface area contributed by atoms with Gasteiger partial charge in [-0.2, -0.15) is 10.1 Å². The number of aromatic nitrogens is 4. The van der Waals surface area contributed by atoms with Crippen molar-refractivity contribution in [3.63, 3.8) is 0 Å². The summed E-state index contributed by atoms with van der Waals surface area (Å²) >= 11 is 0. The number of aryl methyl sites for hydroxylation is 1. The molecule has 2 aromatic heterocycles. The van der Waals surface area contributed by atoms with Crippen molar-refractivity contribution in [1.29, 1.82) is 0 Å². The predicted octanol–water partition coefficient (Wildman–Crippen LogP) is 2.59. The number of carbonyl (C=O) groups excluding carboxylic acids is 3. The van der Waals surface area contributed by atoms with Gasteiger partial charge in [0.1, 0.15) is 17.1 Å². The smallest absolute Gasteiger partial charge is 0.254 e. The number of hydrogen-bond donors (Lipinski definition) is 3. The lowest BCUT2D eigenvalue weighted by atomic mass is 10.1. The molecule has 2 aliphatic rings. The van der Waals surface area contributed by atoms with Gasteiger partial charge in [-0.05, 0) is 37.5 Å². The van der Waals surface area contributed by atoms with Crippen LogP contribution in [0.3, 0.4) is 0 Å². The van der Waals surface area contributed by atoms with Crippen molar-refractivity contribution in [3.8, 4) is 5.75 Å². The molecule has 44 heavy (non-hydrogen) atoms. The van der Waals surface area contributed by atoms with Crippen LogP contribution < -0.4 is 26.0 Å². The number of methoxy groups -OCH3 is 1. The first-order valence-electron chi connectivity index (χ1n) is 14.5. The lowest BCUT2D eigenvalue weighted by molar-refractivity contribution is -0.129. The molecule has 4 heterocycles. The van der Waals surface area contributed by atoms with E-state index in [1.54, 1.807) is 25.1 Å². The third-order valence-electron chi connectivity index (χ3n) is 8.01. The highest BCUT2D eigenvalue weighted by atomic mass is 16.5. The van der Waals surface area contributed by atoms with Gasteiger partial charge >= 0.3 is 0 Å². The molecule has 232 valence electrons. The van der Waals surface area contributed by atoms with Crippen molar-refractivity contribution >= 4 is 46.5 Å². The Balaban J connectivity index is 1.34. The van der Waals surface area contributed by atoms with E-state index in [9.17, 15) is 14.4 Å². The van der Waals surface area contributed by atoms with Gasteiger partial charge < -0.3 is 35.8 Å². The molecule has 14 nitrogen and oxygen atoms in total. The topological polar surface area (TPSA) is 164 Å². The number of likely N-dealkylation sites (tertiary alicyclic amines) is 1. The molecule has 3 amide bonds. The zero-order valence-electron chi connectivity index (χ0n) is 25.2. The summed E-state index contributed by atoms with van der Waals surface area (Å²) in [4.78, 5) is 50.8. The van der Waals surface area contributed by atoms with E-state index in [1.807, 2.05) is 34.8 Å². The number of benzene rings is 1. The Morgan fingerprint density at radius 2 is 1.86 bits per heavy atom. The number of carbonyl (C=O) groups is 3. The van der Waals surface area contributed by atoms with Gasteiger partial charge in [0, 0.05) is 70.3 Å². The van der Waals surface area contributed by atoms with Gasteiger partial charge in [-0.3, -0.25) is 19.1 Å². The molecule has 0 aliphatic carbocycles. The number of nitrogens with zero attached hydrogens (tertiary/aromatic N) is 7. The van der Waals surface area contributed by atoms with E-state index in [0.29, 0.717) is 56.4 Å². The van der Waals surface area contributed by atoms with Crippen LogP contribution in [-0.4, -0.2) is 93.6 Å². The summed E-state index contributed by atoms with van der Waals surface area (Å²) in [6, 6.07) is 3.99. The highest BCUT2D eigenvalue weighted by Gasteiger charge is 2.25. The molecule has 0 radical (unpaired) electrons. The maximum atomic E-state index is 12.3. The summed E-state index contributed by atoms with van der Waals surface area (Å²) in [6.45, 7) is 11.1. The third-order valence-corrected chi connectivity index (χ3v) is 8.01. The number of piperazine rings is 1. The highest BCUT2D eigenvalue weighted by molar-refractivity contribution is 5.98. The standard InChI is InChI=1S/C30H38N10O4/c1-5-26(42)39-8-6-7-22(18-39)40-17-21(15-33-40)34-30-32-16-24(28(31)43)29(36-30)35-27-19(2)13-23(14-25(27)44-4)38-11-9-37(10-12-38)20(3)41/h5,13-17,22H,1,6-12,18H2,2-4H3,(H2,31,43)(H2,32,34,35,36)/t22-/m1/s1. The van der Waals surface area contributed by atoms with Crippen LogP contribution in [0, 0.1) is 6.92 Å². The number of nitrogens with two attached hydrogens (primary N) is 1. The quantitative estimate of drug-likeness (QED) is 0.310. The fourth-order valence-corrected chi connectivity index (χ4v) is 5.59. The largest absolute Gasteiger partial charge is 0.494 e. The number of nitrogens with one attached hydrogen (secondary N) is 2. The molecule has 1 aromatic carbocycles.